The number of esters is 2. The van der Waals surface area contributed by atoms with Crippen LogP contribution in [0.5, 0.6) is 0 Å². The van der Waals surface area contributed by atoms with Crippen molar-refractivity contribution in [2.75, 3.05) is 19.0 Å². The maximum atomic E-state index is 12.2. The monoisotopic (exact) mass is 392 g/mol. The van der Waals surface area contributed by atoms with E-state index in [0.717, 1.165) is 29.7 Å². The fraction of sp³-hybridized carbons (Fsp3) is 0.444. The van der Waals surface area contributed by atoms with E-state index < -0.39 is 24.5 Å². The molecule has 0 atom stereocenters. The predicted molar refractivity (Wildman–Crippen MR) is 97.2 cm³/mol. The van der Waals surface area contributed by atoms with Crippen LogP contribution in [0.1, 0.15) is 56.0 Å². The standard InChI is InChI=1S/C18H20N2O6S/c1-4-11-14(9(2)26-20-11)18(23)25-8-13(21)19-16-15(17(22)24-3)10-6-5-7-12(10)27-16/h4-8H2,1-3H3,(H,19,21). The molecular weight excluding hydrogens is 372 g/mol. The molecule has 9 heteroatoms. The zero-order chi connectivity index (χ0) is 19.6. The van der Waals surface area contributed by atoms with Crippen LogP contribution in [0.2, 0.25) is 0 Å². The lowest BCUT2D eigenvalue weighted by Crippen LogP contribution is -2.22. The van der Waals surface area contributed by atoms with Crippen molar-refractivity contribution in [2.24, 2.45) is 0 Å². The summed E-state index contributed by atoms with van der Waals surface area (Å²) in [5, 5.41) is 6.89. The minimum Gasteiger partial charge on any atom is -0.465 e. The number of nitrogens with zero attached hydrogens (tertiary/aromatic N) is 1. The molecule has 0 unspecified atom stereocenters. The molecule has 2 aromatic heterocycles. The minimum absolute atomic E-state index is 0.246. The van der Waals surface area contributed by atoms with Crippen molar-refractivity contribution in [3.63, 3.8) is 0 Å². The second-order valence-corrected chi connectivity index (χ2v) is 7.20. The molecule has 0 saturated carbocycles. The number of carbonyl (C=O) groups is 3. The first-order chi connectivity index (χ1) is 13.0. The average Bonchev–Trinajstić information content (AvgIpc) is 3.33. The second kappa shape index (κ2) is 7.91. The Kier molecular flexibility index (Phi) is 5.59. The van der Waals surface area contributed by atoms with Crippen LogP contribution in [0.4, 0.5) is 5.00 Å². The Morgan fingerprint density at radius 1 is 1.22 bits per heavy atom. The lowest BCUT2D eigenvalue weighted by molar-refractivity contribution is -0.119. The van der Waals surface area contributed by atoms with E-state index in [-0.39, 0.29) is 5.56 Å². The molecule has 1 aliphatic rings. The van der Waals surface area contributed by atoms with Gasteiger partial charge in [-0.3, -0.25) is 4.79 Å². The Morgan fingerprint density at radius 3 is 2.70 bits per heavy atom. The van der Waals surface area contributed by atoms with Gasteiger partial charge in [0.1, 0.15) is 16.3 Å². The van der Waals surface area contributed by atoms with Crippen LogP contribution < -0.4 is 5.32 Å². The van der Waals surface area contributed by atoms with Gasteiger partial charge in [-0.25, -0.2) is 9.59 Å². The summed E-state index contributed by atoms with van der Waals surface area (Å²) >= 11 is 1.36. The van der Waals surface area contributed by atoms with Gasteiger partial charge in [0.05, 0.1) is 18.4 Å². The maximum absolute atomic E-state index is 12.2. The van der Waals surface area contributed by atoms with Crippen molar-refractivity contribution < 1.29 is 28.4 Å². The molecule has 1 aliphatic carbocycles. The summed E-state index contributed by atoms with van der Waals surface area (Å²) in [6, 6.07) is 0. The van der Waals surface area contributed by atoms with Crippen LogP contribution in [-0.2, 0) is 33.5 Å². The summed E-state index contributed by atoms with van der Waals surface area (Å²) < 4.78 is 14.9. The molecule has 144 valence electrons. The third-order valence-electron chi connectivity index (χ3n) is 4.37. The van der Waals surface area contributed by atoms with E-state index in [9.17, 15) is 14.4 Å². The zero-order valence-corrected chi connectivity index (χ0v) is 16.2. The highest BCUT2D eigenvalue weighted by atomic mass is 32.1. The largest absolute Gasteiger partial charge is 0.465 e. The number of fused-ring (bicyclic) bond motifs is 1. The summed E-state index contributed by atoms with van der Waals surface area (Å²) in [5.41, 5.74) is 2.07. The van der Waals surface area contributed by atoms with E-state index in [2.05, 4.69) is 10.5 Å². The van der Waals surface area contributed by atoms with E-state index in [0.29, 0.717) is 28.4 Å². The van der Waals surface area contributed by atoms with Gasteiger partial charge in [-0.15, -0.1) is 11.3 Å². The third kappa shape index (κ3) is 3.73. The van der Waals surface area contributed by atoms with E-state index in [1.54, 1.807) is 6.92 Å². The van der Waals surface area contributed by atoms with Gasteiger partial charge in [-0.1, -0.05) is 12.1 Å². The quantitative estimate of drug-likeness (QED) is 0.753. The van der Waals surface area contributed by atoms with Gasteiger partial charge in [0.15, 0.2) is 6.61 Å². The lowest BCUT2D eigenvalue weighted by Gasteiger charge is -2.08. The van der Waals surface area contributed by atoms with Crippen molar-refractivity contribution in [1.82, 2.24) is 5.16 Å². The number of carbonyl (C=O) groups excluding carboxylic acids is 3. The predicted octanol–water partition coefficient (Wildman–Crippen LogP) is 2.68. The maximum Gasteiger partial charge on any atom is 0.344 e. The average molecular weight is 392 g/mol. The number of hydrogen-bond donors (Lipinski definition) is 1. The first-order valence-corrected chi connectivity index (χ1v) is 9.42. The zero-order valence-electron chi connectivity index (χ0n) is 15.3. The van der Waals surface area contributed by atoms with Crippen molar-refractivity contribution in [1.29, 1.82) is 0 Å². The number of methoxy groups -OCH3 is 1. The molecule has 0 aromatic carbocycles. The van der Waals surface area contributed by atoms with Gasteiger partial charge in [0.2, 0.25) is 0 Å². The molecule has 0 bridgehead atoms. The van der Waals surface area contributed by atoms with Crippen LogP contribution in [-0.4, -0.2) is 36.7 Å². The smallest absolute Gasteiger partial charge is 0.344 e. The highest BCUT2D eigenvalue weighted by Gasteiger charge is 2.28. The topological polar surface area (TPSA) is 108 Å². The Morgan fingerprint density at radius 2 is 2.00 bits per heavy atom. The summed E-state index contributed by atoms with van der Waals surface area (Å²) in [6.45, 7) is 2.97. The van der Waals surface area contributed by atoms with Crippen molar-refractivity contribution >= 4 is 34.2 Å². The summed E-state index contributed by atoms with van der Waals surface area (Å²) in [7, 11) is 1.31. The molecule has 0 saturated heterocycles. The van der Waals surface area contributed by atoms with Gasteiger partial charge >= 0.3 is 11.9 Å². The minimum atomic E-state index is -0.664. The number of thiophene rings is 1. The summed E-state index contributed by atoms with van der Waals surface area (Å²) in [4.78, 5) is 37.6. The Labute approximate surface area is 159 Å². The van der Waals surface area contributed by atoms with Crippen LogP contribution in [0, 0.1) is 6.92 Å². The number of hydrogen-bond acceptors (Lipinski definition) is 8. The van der Waals surface area contributed by atoms with E-state index in [1.165, 1.54) is 18.4 Å². The van der Waals surface area contributed by atoms with Gasteiger partial charge in [0.25, 0.3) is 5.91 Å². The SMILES string of the molecule is CCc1noc(C)c1C(=O)OCC(=O)Nc1sc2c(c1C(=O)OC)CCC2. The number of anilines is 1. The van der Waals surface area contributed by atoms with Gasteiger partial charge in [0, 0.05) is 4.88 Å². The second-order valence-electron chi connectivity index (χ2n) is 6.09. The van der Waals surface area contributed by atoms with E-state index >= 15 is 0 Å². The molecule has 2 aromatic rings. The number of ether oxygens (including phenoxy) is 2. The van der Waals surface area contributed by atoms with Crippen LogP contribution in [0.3, 0.4) is 0 Å². The molecule has 1 amide bonds. The van der Waals surface area contributed by atoms with Crippen LogP contribution in [0.25, 0.3) is 0 Å². The summed E-state index contributed by atoms with van der Waals surface area (Å²) in [6.07, 6.45) is 3.15. The lowest BCUT2D eigenvalue weighted by atomic mass is 10.1. The van der Waals surface area contributed by atoms with Crippen molar-refractivity contribution in [3.05, 3.63) is 33.0 Å². The number of aromatic nitrogens is 1. The van der Waals surface area contributed by atoms with Crippen molar-refractivity contribution in [3.8, 4) is 0 Å². The third-order valence-corrected chi connectivity index (χ3v) is 5.58. The highest BCUT2D eigenvalue weighted by molar-refractivity contribution is 7.17. The number of nitrogens with one attached hydrogen (secondary N) is 1. The fourth-order valence-electron chi connectivity index (χ4n) is 3.10. The molecule has 8 nitrogen and oxygen atoms in total. The molecule has 27 heavy (non-hydrogen) atoms. The van der Waals surface area contributed by atoms with Gasteiger partial charge < -0.3 is 19.3 Å². The normalized spacial score (nSPS) is 12.6. The number of rotatable bonds is 6. The fourth-order valence-corrected chi connectivity index (χ4v) is 4.39. The molecule has 0 fully saturated rings. The Hall–Kier alpha value is -2.68. The Balaban J connectivity index is 1.67. The van der Waals surface area contributed by atoms with Crippen LogP contribution in [0.15, 0.2) is 4.52 Å². The summed E-state index contributed by atoms with van der Waals surface area (Å²) in [5.74, 6) is -1.32. The molecule has 0 spiro atoms. The molecular formula is C18H20N2O6S. The number of aryl methyl sites for hydroxylation is 3. The van der Waals surface area contributed by atoms with Crippen molar-refractivity contribution in [2.45, 2.75) is 39.5 Å². The van der Waals surface area contributed by atoms with Gasteiger partial charge in [-0.2, -0.15) is 0 Å². The molecule has 2 heterocycles. The molecule has 0 radical (unpaired) electrons. The van der Waals surface area contributed by atoms with E-state index in [4.69, 9.17) is 14.0 Å². The van der Waals surface area contributed by atoms with Gasteiger partial charge in [-0.05, 0) is 38.2 Å². The van der Waals surface area contributed by atoms with Crippen LogP contribution >= 0.6 is 11.3 Å². The van der Waals surface area contributed by atoms with E-state index in [1.807, 2.05) is 6.92 Å². The molecule has 0 aliphatic heterocycles. The Bertz CT molecular complexity index is 898. The number of amides is 1. The molecule has 3 rings (SSSR count). The first kappa shape index (κ1) is 19.1. The molecule has 1 N–H and O–H groups in total. The first-order valence-electron chi connectivity index (χ1n) is 8.61. The highest BCUT2D eigenvalue weighted by Crippen LogP contribution is 2.39.